The van der Waals surface area contributed by atoms with Crippen molar-refractivity contribution in [2.45, 2.75) is 47.8 Å². The molecule has 1 aromatic carbocycles. The fraction of sp³-hybridized carbons (Fsp3) is 0.407. The van der Waals surface area contributed by atoms with Gasteiger partial charge in [0.1, 0.15) is 11.6 Å². The number of ether oxygens (including phenoxy) is 3. The second kappa shape index (κ2) is 13.1. The summed E-state index contributed by atoms with van der Waals surface area (Å²) in [5.74, 6) is -0.265. The van der Waals surface area contributed by atoms with Gasteiger partial charge in [0, 0.05) is 17.1 Å². The van der Waals surface area contributed by atoms with Gasteiger partial charge in [-0.05, 0) is 65.1 Å². The zero-order valence-electron chi connectivity index (χ0n) is 20.2. The predicted molar refractivity (Wildman–Crippen MR) is 150 cm³/mol. The van der Waals surface area contributed by atoms with Crippen molar-refractivity contribution in [3.8, 4) is 11.6 Å². The van der Waals surface area contributed by atoms with Crippen molar-refractivity contribution >= 4 is 47.9 Å². The summed E-state index contributed by atoms with van der Waals surface area (Å²) in [6, 6.07) is 5.69. The summed E-state index contributed by atoms with van der Waals surface area (Å²) in [6.45, 7) is 5.02. The average Bonchev–Trinajstić information content (AvgIpc) is 3.72. The van der Waals surface area contributed by atoms with E-state index in [1.54, 1.807) is 18.2 Å². The van der Waals surface area contributed by atoms with Gasteiger partial charge in [0.05, 0.1) is 28.8 Å². The van der Waals surface area contributed by atoms with Crippen molar-refractivity contribution in [2.75, 3.05) is 19.8 Å². The number of hydrogen-bond acceptors (Lipinski definition) is 4. The van der Waals surface area contributed by atoms with Crippen LogP contribution in [0.5, 0.6) is 11.6 Å². The Balaban J connectivity index is 1.25. The SMILES string of the molecule is C=C1COC(CCCCOc2ncc(C(F)(F)F)cc2Cl)CC1c1ccc(F)c(OC/C=C(/Cl)C2C=I2)c1. The summed E-state index contributed by atoms with van der Waals surface area (Å²) in [5, 5.41) is 0.584. The maximum atomic E-state index is 14.4. The Morgan fingerprint density at radius 1 is 1.24 bits per heavy atom. The van der Waals surface area contributed by atoms with Crippen molar-refractivity contribution in [1.82, 2.24) is 4.98 Å². The molecule has 11 heteroatoms. The van der Waals surface area contributed by atoms with Crippen LogP contribution in [-0.4, -0.2) is 38.8 Å². The van der Waals surface area contributed by atoms with Gasteiger partial charge >= 0.3 is 6.18 Å². The second-order valence-electron chi connectivity index (χ2n) is 8.98. The van der Waals surface area contributed by atoms with E-state index in [9.17, 15) is 17.6 Å². The first kappa shape index (κ1) is 29.3. The number of benzene rings is 1. The van der Waals surface area contributed by atoms with Crippen LogP contribution < -0.4 is 9.47 Å². The third-order valence-electron chi connectivity index (χ3n) is 6.18. The first-order valence-electron chi connectivity index (χ1n) is 12.0. The number of unbranched alkanes of at least 4 members (excludes halogenated alkanes) is 1. The molecule has 0 spiro atoms. The van der Waals surface area contributed by atoms with Crippen LogP contribution >= 0.6 is 43.9 Å². The lowest BCUT2D eigenvalue weighted by Crippen LogP contribution is -2.26. The molecule has 3 atom stereocenters. The van der Waals surface area contributed by atoms with E-state index in [2.05, 4.69) is 15.6 Å². The minimum atomic E-state index is -4.51. The molecule has 1 saturated heterocycles. The van der Waals surface area contributed by atoms with Crippen LogP contribution in [0.2, 0.25) is 5.02 Å². The summed E-state index contributed by atoms with van der Waals surface area (Å²) in [7, 11) is 0. The van der Waals surface area contributed by atoms with Crippen LogP contribution in [0.3, 0.4) is 0 Å². The quantitative estimate of drug-likeness (QED) is 0.0786. The molecule has 4 nitrogen and oxygen atoms in total. The van der Waals surface area contributed by atoms with Gasteiger partial charge in [0.15, 0.2) is 11.6 Å². The molecule has 0 N–H and O–H groups in total. The lowest BCUT2D eigenvalue weighted by molar-refractivity contribution is -0.137. The van der Waals surface area contributed by atoms with Crippen LogP contribution in [0.1, 0.15) is 42.7 Å². The first-order valence-corrected chi connectivity index (χ1v) is 15.2. The fourth-order valence-electron chi connectivity index (χ4n) is 4.05. The summed E-state index contributed by atoms with van der Waals surface area (Å²) in [6.07, 6.45) is 0.838. The largest absolute Gasteiger partial charge is 0.486 e. The molecule has 2 aliphatic heterocycles. The number of nitrogens with zero attached hydrogens (tertiary/aromatic N) is 1. The van der Waals surface area contributed by atoms with Crippen molar-refractivity contribution in [3.63, 3.8) is 0 Å². The Hall–Kier alpha value is -1.69. The molecule has 1 fully saturated rings. The van der Waals surface area contributed by atoms with E-state index in [1.807, 2.05) is 0 Å². The van der Waals surface area contributed by atoms with E-state index in [4.69, 9.17) is 37.4 Å². The summed E-state index contributed by atoms with van der Waals surface area (Å²) in [5.41, 5.74) is 0.916. The number of pyridine rings is 1. The van der Waals surface area contributed by atoms with Crippen LogP contribution in [0.25, 0.3) is 0 Å². The normalized spacial score (nSPS) is 21.7. The van der Waals surface area contributed by atoms with Crippen molar-refractivity contribution in [3.05, 3.63) is 75.7 Å². The smallest absolute Gasteiger partial charge is 0.417 e. The Morgan fingerprint density at radius 2 is 2.03 bits per heavy atom. The summed E-state index contributed by atoms with van der Waals surface area (Å²) < 4.78 is 72.2. The molecule has 2 aliphatic rings. The van der Waals surface area contributed by atoms with Crippen LogP contribution in [0, 0.1) is 5.82 Å². The highest BCUT2D eigenvalue weighted by Crippen LogP contribution is 2.37. The highest BCUT2D eigenvalue weighted by Gasteiger charge is 2.32. The number of aromatic nitrogens is 1. The van der Waals surface area contributed by atoms with Crippen molar-refractivity contribution < 1.29 is 31.8 Å². The van der Waals surface area contributed by atoms with Gasteiger partial charge in [-0.2, -0.15) is 13.2 Å². The topological polar surface area (TPSA) is 40.6 Å². The summed E-state index contributed by atoms with van der Waals surface area (Å²) in [4.78, 5) is 3.68. The van der Waals surface area contributed by atoms with E-state index in [1.165, 1.54) is 6.07 Å². The van der Waals surface area contributed by atoms with Crippen molar-refractivity contribution in [2.24, 2.45) is 0 Å². The first-order chi connectivity index (χ1) is 18.1. The standard InChI is InChI=1S/C27H26Cl2F4INO3/c1-16-15-38-19(4-2-3-8-37-26-22(29)11-18(14-35-26)27(31,32)33)12-20(16)17-5-6-23(30)25(10-17)36-9-7-21(28)24-13-34-24/h5-7,10-11,13-14,19-20,24H,1-4,8-9,12,15H2/b21-7+. The zero-order valence-corrected chi connectivity index (χ0v) is 23.9. The Morgan fingerprint density at radius 3 is 2.74 bits per heavy atom. The van der Waals surface area contributed by atoms with E-state index < -0.39 is 17.6 Å². The Labute approximate surface area is 238 Å². The molecule has 2 aromatic rings. The monoisotopic (exact) mass is 685 g/mol. The lowest BCUT2D eigenvalue weighted by Gasteiger charge is -2.32. The van der Waals surface area contributed by atoms with E-state index in [0.29, 0.717) is 29.6 Å². The predicted octanol–water partition coefficient (Wildman–Crippen LogP) is 8.23. The van der Waals surface area contributed by atoms with Gasteiger partial charge in [0.25, 0.3) is 0 Å². The van der Waals surface area contributed by atoms with Crippen molar-refractivity contribution in [1.29, 1.82) is 0 Å². The van der Waals surface area contributed by atoms with E-state index in [-0.39, 0.29) is 62.6 Å². The molecule has 206 valence electrons. The van der Waals surface area contributed by atoms with Gasteiger partial charge in [-0.3, -0.25) is 0 Å². The average molecular weight is 686 g/mol. The van der Waals surface area contributed by atoms with Crippen LogP contribution in [0.15, 0.2) is 53.7 Å². The number of allylic oxidation sites excluding steroid dienone is 1. The van der Waals surface area contributed by atoms with Gasteiger partial charge < -0.3 is 14.2 Å². The van der Waals surface area contributed by atoms with Gasteiger partial charge in [0.2, 0.25) is 5.88 Å². The molecule has 0 radical (unpaired) electrons. The third-order valence-corrected chi connectivity index (χ3v) is 9.32. The molecular weight excluding hydrogens is 660 g/mol. The zero-order chi connectivity index (χ0) is 27.3. The number of rotatable bonds is 11. The highest BCUT2D eigenvalue weighted by atomic mass is 127. The lowest BCUT2D eigenvalue weighted by atomic mass is 9.84. The highest BCUT2D eigenvalue weighted by molar-refractivity contribution is 14.2. The number of halogens is 7. The molecule has 0 saturated carbocycles. The Kier molecular flexibility index (Phi) is 10.1. The van der Waals surface area contributed by atoms with Crippen LogP contribution in [-0.2, 0) is 10.9 Å². The second-order valence-corrected chi connectivity index (χ2v) is 12.6. The number of hydrogen-bond donors (Lipinski definition) is 0. The molecule has 0 amide bonds. The molecule has 3 heterocycles. The molecule has 38 heavy (non-hydrogen) atoms. The molecule has 1 aromatic heterocycles. The van der Waals surface area contributed by atoms with Gasteiger partial charge in [-0.15, -0.1) is 20.7 Å². The minimum Gasteiger partial charge on any atom is -0.486 e. The van der Waals surface area contributed by atoms with Gasteiger partial charge in [-0.25, -0.2) is 9.37 Å². The fourth-order valence-corrected chi connectivity index (χ4v) is 6.12. The molecule has 3 unspecified atom stereocenters. The molecule has 0 aliphatic carbocycles. The third kappa shape index (κ3) is 8.16. The van der Waals surface area contributed by atoms with Gasteiger partial charge in [-0.1, -0.05) is 35.8 Å². The van der Waals surface area contributed by atoms with E-state index in [0.717, 1.165) is 35.1 Å². The Bertz CT molecular complexity index is 1220. The molecule has 0 bridgehead atoms. The minimum absolute atomic E-state index is 0.00745. The van der Waals surface area contributed by atoms with E-state index >= 15 is 0 Å². The summed E-state index contributed by atoms with van der Waals surface area (Å²) >= 11 is 12.2. The maximum Gasteiger partial charge on any atom is 0.417 e. The number of alkyl halides is 4. The molecular formula is C27H26Cl2F4INO3. The maximum absolute atomic E-state index is 14.4. The molecule has 4 rings (SSSR count). The van der Waals surface area contributed by atoms with Crippen LogP contribution in [0.4, 0.5) is 17.6 Å².